The van der Waals surface area contributed by atoms with E-state index in [9.17, 15) is 37.7 Å². The first-order valence-electron chi connectivity index (χ1n) is 12.3. The molecule has 1 heterocycles. The van der Waals surface area contributed by atoms with Gasteiger partial charge in [-0.15, -0.1) is 0 Å². The number of methoxy groups -OCH3 is 2. The molecule has 4 rings (SSSR count). The SMILES string of the molecule is COc1ccc(C(F)(F)F)cc1NC(=O)CN1C(=O)S/C(=C\c2cc(Br)c(OCc3ccc([N+](=O)[O-])cc3)c(OC)c2)C1=O. The van der Waals surface area contributed by atoms with E-state index in [1.165, 1.54) is 32.4 Å². The fourth-order valence-corrected chi connectivity index (χ4v) is 5.35. The third-order valence-corrected chi connectivity index (χ3v) is 7.55. The Bertz CT molecular complexity index is 1670. The molecule has 1 aliphatic rings. The van der Waals surface area contributed by atoms with Gasteiger partial charge in [0.1, 0.15) is 18.9 Å². The molecule has 0 aromatic heterocycles. The molecule has 0 unspecified atom stereocenters. The van der Waals surface area contributed by atoms with Gasteiger partial charge in [0, 0.05) is 12.1 Å². The van der Waals surface area contributed by atoms with Crippen molar-refractivity contribution in [2.75, 3.05) is 26.1 Å². The molecule has 0 saturated carbocycles. The Kier molecular flexibility index (Phi) is 9.84. The van der Waals surface area contributed by atoms with Crippen LogP contribution in [0.15, 0.2) is 64.0 Å². The predicted octanol–water partition coefficient (Wildman–Crippen LogP) is 6.65. The van der Waals surface area contributed by atoms with Crippen LogP contribution in [-0.2, 0) is 22.4 Å². The highest BCUT2D eigenvalue weighted by atomic mass is 79.9. The highest BCUT2D eigenvalue weighted by Gasteiger charge is 2.37. The molecule has 16 heteroatoms. The van der Waals surface area contributed by atoms with E-state index in [1.807, 2.05) is 0 Å². The molecule has 1 N–H and O–H groups in total. The molecular formula is C28H21BrF3N3O8S. The summed E-state index contributed by atoms with van der Waals surface area (Å²) in [5.41, 5.74) is -0.245. The molecule has 11 nitrogen and oxygen atoms in total. The summed E-state index contributed by atoms with van der Waals surface area (Å²) in [4.78, 5) is 49.2. The molecule has 0 aliphatic carbocycles. The lowest BCUT2D eigenvalue weighted by Gasteiger charge is -2.16. The molecule has 1 saturated heterocycles. The molecule has 0 bridgehead atoms. The number of halogens is 4. The van der Waals surface area contributed by atoms with E-state index in [0.717, 1.165) is 12.1 Å². The van der Waals surface area contributed by atoms with Crippen molar-refractivity contribution in [3.05, 3.63) is 90.8 Å². The smallest absolute Gasteiger partial charge is 0.416 e. The van der Waals surface area contributed by atoms with Crippen molar-refractivity contribution in [1.82, 2.24) is 4.90 Å². The number of ether oxygens (including phenoxy) is 3. The van der Waals surface area contributed by atoms with E-state index in [2.05, 4.69) is 21.2 Å². The molecule has 1 aliphatic heterocycles. The second kappa shape index (κ2) is 13.4. The lowest BCUT2D eigenvalue weighted by molar-refractivity contribution is -0.384. The molecule has 3 aromatic rings. The molecule has 0 atom stereocenters. The van der Waals surface area contributed by atoms with Gasteiger partial charge in [-0.1, -0.05) is 0 Å². The fraction of sp³-hybridized carbons (Fsp3) is 0.179. The second-order valence-electron chi connectivity index (χ2n) is 8.98. The summed E-state index contributed by atoms with van der Waals surface area (Å²) in [6, 6.07) is 11.5. The zero-order valence-electron chi connectivity index (χ0n) is 22.8. The summed E-state index contributed by atoms with van der Waals surface area (Å²) in [5, 5.41) is 12.4. The Morgan fingerprint density at radius 2 is 1.75 bits per heavy atom. The maximum atomic E-state index is 13.1. The number of nitro benzene ring substituents is 1. The van der Waals surface area contributed by atoms with Gasteiger partial charge in [0.2, 0.25) is 5.91 Å². The van der Waals surface area contributed by atoms with Gasteiger partial charge < -0.3 is 19.5 Å². The number of nitrogens with zero attached hydrogens (tertiary/aromatic N) is 2. The summed E-state index contributed by atoms with van der Waals surface area (Å²) in [5.74, 6) is -1.14. The van der Waals surface area contributed by atoms with Crippen LogP contribution in [0, 0.1) is 10.1 Å². The number of carbonyl (C=O) groups is 3. The van der Waals surface area contributed by atoms with Crippen molar-refractivity contribution in [3.8, 4) is 17.2 Å². The van der Waals surface area contributed by atoms with E-state index in [4.69, 9.17) is 14.2 Å². The zero-order valence-corrected chi connectivity index (χ0v) is 25.2. The first-order valence-corrected chi connectivity index (χ1v) is 14.0. The monoisotopic (exact) mass is 695 g/mol. The van der Waals surface area contributed by atoms with Crippen LogP contribution in [-0.4, -0.2) is 47.6 Å². The number of thioether (sulfide) groups is 1. The minimum absolute atomic E-state index is 0.00653. The van der Waals surface area contributed by atoms with Crippen molar-refractivity contribution >= 4 is 62.2 Å². The topological polar surface area (TPSA) is 137 Å². The van der Waals surface area contributed by atoms with Crippen molar-refractivity contribution in [3.63, 3.8) is 0 Å². The minimum atomic E-state index is -4.67. The van der Waals surface area contributed by atoms with Crippen molar-refractivity contribution in [2.45, 2.75) is 12.8 Å². The predicted molar refractivity (Wildman–Crippen MR) is 157 cm³/mol. The summed E-state index contributed by atoms with van der Waals surface area (Å²) < 4.78 is 56.1. The van der Waals surface area contributed by atoms with Gasteiger partial charge in [-0.2, -0.15) is 13.2 Å². The molecule has 0 radical (unpaired) electrons. The molecule has 0 spiro atoms. The third-order valence-electron chi connectivity index (χ3n) is 6.06. The Labute approximate surface area is 260 Å². The van der Waals surface area contributed by atoms with Crippen LogP contribution in [0.4, 0.5) is 29.3 Å². The van der Waals surface area contributed by atoms with Crippen LogP contribution in [0.3, 0.4) is 0 Å². The maximum Gasteiger partial charge on any atom is 0.416 e. The number of rotatable bonds is 10. The zero-order chi connectivity index (χ0) is 32.2. The van der Waals surface area contributed by atoms with Gasteiger partial charge >= 0.3 is 6.18 Å². The van der Waals surface area contributed by atoms with Crippen LogP contribution >= 0.6 is 27.7 Å². The van der Waals surface area contributed by atoms with Gasteiger partial charge in [0.05, 0.1) is 39.8 Å². The number of nitrogens with one attached hydrogen (secondary N) is 1. The molecule has 3 aromatic carbocycles. The van der Waals surface area contributed by atoms with Crippen molar-refractivity contribution in [1.29, 1.82) is 0 Å². The second-order valence-corrected chi connectivity index (χ2v) is 10.8. The van der Waals surface area contributed by atoms with E-state index < -0.39 is 40.3 Å². The van der Waals surface area contributed by atoms with E-state index in [-0.39, 0.29) is 34.4 Å². The number of carbonyl (C=O) groups excluding carboxylic acids is 3. The summed E-state index contributed by atoms with van der Waals surface area (Å²) >= 11 is 3.98. The standard InChI is InChI=1S/C28H21BrF3N3O8S/c1-41-21-8-5-17(28(30,31)32)12-20(21)33-24(36)13-34-26(37)23(44-27(34)38)11-16-9-19(29)25(22(10-16)42-2)43-14-15-3-6-18(7-4-15)35(39)40/h3-12H,13-14H2,1-2H3,(H,33,36)/b23-11-. The van der Waals surface area contributed by atoms with Crippen molar-refractivity contribution < 1.29 is 46.7 Å². The number of anilines is 1. The van der Waals surface area contributed by atoms with Gasteiger partial charge in [0.25, 0.3) is 16.8 Å². The van der Waals surface area contributed by atoms with Crippen LogP contribution in [0.25, 0.3) is 6.08 Å². The molecular weight excluding hydrogens is 675 g/mol. The lowest BCUT2D eigenvalue weighted by Crippen LogP contribution is -2.36. The molecule has 3 amide bonds. The third kappa shape index (κ3) is 7.49. The average Bonchev–Trinajstić information content (AvgIpc) is 3.23. The number of benzene rings is 3. The van der Waals surface area contributed by atoms with Gasteiger partial charge in [-0.05, 0) is 87.4 Å². The maximum absolute atomic E-state index is 13.1. The lowest BCUT2D eigenvalue weighted by atomic mass is 10.1. The Morgan fingerprint density at radius 1 is 1.07 bits per heavy atom. The number of nitro groups is 1. The molecule has 1 fully saturated rings. The van der Waals surface area contributed by atoms with E-state index in [1.54, 1.807) is 24.3 Å². The highest BCUT2D eigenvalue weighted by molar-refractivity contribution is 9.10. The number of amides is 3. The van der Waals surface area contributed by atoms with Crippen LogP contribution in [0.5, 0.6) is 17.2 Å². The van der Waals surface area contributed by atoms with E-state index >= 15 is 0 Å². The summed E-state index contributed by atoms with van der Waals surface area (Å²) in [6.45, 7) is -0.677. The number of non-ortho nitro benzene ring substituents is 1. The summed E-state index contributed by atoms with van der Waals surface area (Å²) in [6.07, 6.45) is -3.26. The number of hydrogen-bond acceptors (Lipinski definition) is 9. The van der Waals surface area contributed by atoms with Gasteiger partial charge in [-0.25, -0.2) is 0 Å². The van der Waals surface area contributed by atoms with Crippen molar-refractivity contribution in [2.24, 2.45) is 0 Å². The van der Waals surface area contributed by atoms with Crippen LogP contribution in [0.1, 0.15) is 16.7 Å². The van der Waals surface area contributed by atoms with Gasteiger partial charge in [-0.3, -0.25) is 29.4 Å². The summed E-state index contributed by atoms with van der Waals surface area (Å²) in [7, 11) is 2.61. The highest BCUT2D eigenvalue weighted by Crippen LogP contribution is 2.40. The number of imide groups is 1. The fourth-order valence-electron chi connectivity index (χ4n) is 3.94. The normalized spacial score (nSPS) is 14.1. The minimum Gasteiger partial charge on any atom is -0.495 e. The molecule has 44 heavy (non-hydrogen) atoms. The first-order chi connectivity index (χ1) is 20.8. The number of hydrogen-bond donors (Lipinski definition) is 1. The number of alkyl halides is 3. The molecule has 230 valence electrons. The van der Waals surface area contributed by atoms with E-state index in [0.29, 0.717) is 44.1 Å². The first kappa shape index (κ1) is 32.3. The average molecular weight is 696 g/mol. The van der Waals surface area contributed by atoms with Crippen LogP contribution in [0.2, 0.25) is 0 Å². The van der Waals surface area contributed by atoms with Crippen LogP contribution < -0.4 is 19.5 Å². The largest absolute Gasteiger partial charge is 0.495 e. The Hall–Kier alpha value is -4.57. The van der Waals surface area contributed by atoms with Gasteiger partial charge in [0.15, 0.2) is 11.5 Å². The Morgan fingerprint density at radius 3 is 2.36 bits per heavy atom. The Balaban J connectivity index is 1.47. The quantitative estimate of drug-likeness (QED) is 0.140.